The first-order chi connectivity index (χ1) is 10.0. The van der Waals surface area contributed by atoms with E-state index in [0.717, 1.165) is 24.5 Å². The average molecular weight is 310 g/mol. The maximum absolute atomic E-state index is 12.7. The molecule has 0 saturated heterocycles. The fraction of sp³-hybridized carbons (Fsp3) is 0.733. The van der Waals surface area contributed by atoms with Gasteiger partial charge in [0, 0.05) is 26.7 Å². The molecule has 1 saturated carbocycles. The predicted octanol–water partition coefficient (Wildman–Crippen LogP) is 2.98. The molecule has 0 aliphatic heterocycles. The van der Waals surface area contributed by atoms with Gasteiger partial charge in [-0.25, -0.2) is 4.98 Å². The van der Waals surface area contributed by atoms with Gasteiger partial charge in [0.25, 0.3) is 5.91 Å². The molecule has 1 heterocycles. The summed E-state index contributed by atoms with van der Waals surface area (Å²) in [5, 5.41) is 0.813. The second-order valence-corrected chi connectivity index (χ2v) is 6.76. The topological polar surface area (TPSA) is 62.5 Å². The van der Waals surface area contributed by atoms with Crippen molar-refractivity contribution < 1.29 is 4.79 Å². The molecule has 0 atom stereocenters. The number of hydrogen-bond donors (Lipinski definition) is 1. The molecular weight excluding hydrogens is 284 g/mol. The molecule has 1 aromatic heterocycles. The van der Waals surface area contributed by atoms with E-state index in [-0.39, 0.29) is 5.91 Å². The normalized spacial score (nSPS) is 16.5. The van der Waals surface area contributed by atoms with Crippen LogP contribution in [0.15, 0.2) is 0 Å². The van der Waals surface area contributed by atoms with Crippen molar-refractivity contribution in [3.63, 3.8) is 0 Å². The number of rotatable bonds is 4. The summed E-state index contributed by atoms with van der Waals surface area (Å²) >= 11 is 1.40. The van der Waals surface area contributed by atoms with Gasteiger partial charge in [0.2, 0.25) is 0 Å². The number of nitrogens with two attached hydrogens (primary N) is 1. The van der Waals surface area contributed by atoms with Crippen molar-refractivity contribution in [2.24, 2.45) is 0 Å². The summed E-state index contributed by atoms with van der Waals surface area (Å²) in [7, 11) is 3.86. The van der Waals surface area contributed by atoms with Crippen molar-refractivity contribution in [1.82, 2.24) is 9.88 Å². The highest BCUT2D eigenvalue weighted by atomic mass is 32.1. The van der Waals surface area contributed by atoms with Crippen molar-refractivity contribution in [1.29, 1.82) is 0 Å². The lowest BCUT2D eigenvalue weighted by atomic mass is 10.1. The van der Waals surface area contributed by atoms with Crippen LogP contribution >= 0.6 is 11.3 Å². The molecule has 1 amide bonds. The minimum Gasteiger partial charge on any atom is -0.382 e. The van der Waals surface area contributed by atoms with E-state index in [9.17, 15) is 4.79 Å². The Morgan fingerprint density at radius 2 is 1.90 bits per heavy atom. The molecule has 6 heteroatoms. The number of aromatic nitrogens is 1. The Morgan fingerprint density at radius 3 is 2.48 bits per heavy atom. The zero-order chi connectivity index (χ0) is 15.4. The fourth-order valence-corrected chi connectivity index (χ4v) is 3.74. The van der Waals surface area contributed by atoms with Gasteiger partial charge >= 0.3 is 0 Å². The number of carbonyl (C=O) groups is 1. The van der Waals surface area contributed by atoms with Gasteiger partial charge < -0.3 is 15.5 Å². The monoisotopic (exact) mass is 310 g/mol. The van der Waals surface area contributed by atoms with Crippen LogP contribution in [0.5, 0.6) is 0 Å². The van der Waals surface area contributed by atoms with Crippen LogP contribution in [0.2, 0.25) is 0 Å². The molecule has 2 N–H and O–H groups in total. The number of amides is 1. The Morgan fingerprint density at radius 1 is 1.29 bits per heavy atom. The summed E-state index contributed by atoms with van der Waals surface area (Å²) in [6, 6.07) is 0.342. The molecule has 1 aromatic rings. The van der Waals surface area contributed by atoms with Crippen molar-refractivity contribution in [3.8, 4) is 0 Å². The molecule has 1 fully saturated rings. The number of hydrogen-bond acceptors (Lipinski definition) is 5. The third-order valence-electron chi connectivity index (χ3n) is 4.33. The maximum atomic E-state index is 12.7. The lowest BCUT2D eigenvalue weighted by Gasteiger charge is -2.26. The molecule has 0 bridgehead atoms. The molecule has 1 aliphatic carbocycles. The van der Waals surface area contributed by atoms with Crippen LogP contribution in [0, 0.1) is 0 Å². The molecule has 0 spiro atoms. The van der Waals surface area contributed by atoms with Crippen molar-refractivity contribution >= 4 is 28.2 Å². The summed E-state index contributed by atoms with van der Waals surface area (Å²) in [6.45, 7) is 2.90. The zero-order valence-corrected chi connectivity index (χ0v) is 14.1. The minimum absolute atomic E-state index is 0.0210. The highest BCUT2D eigenvalue weighted by molar-refractivity contribution is 7.18. The molecule has 21 heavy (non-hydrogen) atoms. The highest BCUT2D eigenvalue weighted by Gasteiger charge is 2.26. The molecule has 1 aliphatic rings. The van der Waals surface area contributed by atoms with E-state index in [0.29, 0.717) is 16.7 Å². The van der Waals surface area contributed by atoms with E-state index >= 15 is 0 Å². The van der Waals surface area contributed by atoms with Crippen LogP contribution in [-0.4, -0.2) is 42.5 Å². The van der Waals surface area contributed by atoms with Gasteiger partial charge in [-0.05, 0) is 19.8 Å². The molecule has 5 nitrogen and oxygen atoms in total. The van der Waals surface area contributed by atoms with Crippen molar-refractivity contribution in [3.05, 3.63) is 4.88 Å². The van der Waals surface area contributed by atoms with Gasteiger partial charge in [-0.3, -0.25) is 4.79 Å². The molecular formula is C15H26N4OS. The second kappa shape index (κ2) is 7.11. The van der Waals surface area contributed by atoms with Crippen LogP contribution in [-0.2, 0) is 0 Å². The number of nitrogen functional groups attached to an aromatic ring is 1. The van der Waals surface area contributed by atoms with Crippen LogP contribution in [0.3, 0.4) is 0 Å². The minimum atomic E-state index is 0.0210. The van der Waals surface area contributed by atoms with E-state index in [1.165, 1.54) is 37.0 Å². The largest absolute Gasteiger partial charge is 0.382 e. The van der Waals surface area contributed by atoms with Crippen LogP contribution in [0.4, 0.5) is 10.9 Å². The first kappa shape index (κ1) is 16.1. The molecule has 0 radical (unpaired) electrons. The van der Waals surface area contributed by atoms with Crippen LogP contribution < -0.4 is 10.6 Å². The van der Waals surface area contributed by atoms with E-state index in [4.69, 9.17) is 5.73 Å². The second-order valence-electron chi connectivity index (χ2n) is 5.79. The van der Waals surface area contributed by atoms with Gasteiger partial charge in [-0.15, -0.1) is 0 Å². The Balaban J connectivity index is 2.13. The number of anilines is 2. The van der Waals surface area contributed by atoms with Gasteiger partial charge in [0.05, 0.1) is 0 Å². The lowest BCUT2D eigenvalue weighted by molar-refractivity contribution is 0.0723. The standard InChI is InChI=1S/C15H26N4OS/c1-4-18(2)15-17-13(16)12(21-15)14(20)19(3)11-9-7-5-6-8-10-11/h11H,4-10,16H2,1-3H3. The van der Waals surface area contributed by atoms with E-state index in [1.54, 1.807) is 0 Å². The molecule has 118 valence electrons. The van der Waals surface area contributed by atoms with Gasteiger partial charge in [0.1, 0.15) is 10.7 Å². The average Bonchev–Trinajstić information content (AvgIpc) is 2.71. The van der Waals surface area contributed by atoms with Crippen LogP contribution in [0.1, 0.15) is 55.1 Å². The molecule has 2 rings (SSSR count). The highest BCUT2D eigenvalue weighted by Crippen LogP contribution is 2.30. The summed E-state index contributed by atoms with van der Waals surface area (Å²) in [5.74, 6) is 0.383. The zero-order valence-electron chi connectivity index (χ0n) is 13.3. The molecule has 0 aromatic carbocycles. The van der Waals surface area contributed by atoms with Crippen molar-refractivity contribution in [2.45, 2.75) is 51.5 Å². The number of nitrogens with zero attached hydrogens (tertiary/aromatic N) is 3. The SMILES string of the molecule is CCN(C)c1nc(N)c(C(=O)N(C)C2CCCCCC2)s1. The first-order valence-corrected chi connectivity index (χ1v) is 8.60. The quantitative estimate of drug-likeness (QED) is 0.869. The summed E-state index contributed by atoms with van der Waals surface area (Å²) in [5.41, 5.74) is 5.96. The van der Waals surface area contributed by atoms with Gasteiger partial charge in [-0.2, -0.15) is 0 Å². The summed E-state index contributed by atoms with van der Waals surface area (Å²) < 4.78 is 0. The van der Waals surface area contributed by atoms with Crippen LogP contribution in [0.25, 0.3) is 0 Å². The Labute approximate surface area is 131 Å². The third kappa shape index (κ3) is 3.67. The fourth-order valence-electron chi connectivity index (χ4n) is 2.74. The summed E-state index contributed by atoms with van der Waals surface area (Å²) in [6.07, 6.45) is 7.19. The lowest BCUT2D eigenvalue weighted by Crippen LogP contribution is -2.36. The van der Waals surface area contributed by atoms with E-state index < -0.39 is 0 Å². The Bertz CT molecular complexity index is 480. The van der Waals surface area contributed by atoms with E-state index in [1.807, 2.05) is 23.9 Å². The summed E-state index contributed by atoms with van der Waals surface area (Å²) in [4.78, 5) is 21.5. The van der Waals surface area contributed by atoms with Crippen molar-refractivity contribution in [2.75, 3.05) is 31.3 Å². The maximum Gasteiger partial charge on any atom is 0.267 e. The first-order valence-electron chi connectivity index (χ1n) is 7.79. The Kier molecular flexibility index (Phi) is 5.45. The number of carbonyl (C=O) groups excluding carboxylic acids is 1. The van der Waals surface area contributed by atoms with Gasteiger partial charge in [0.15, 0.2) is 5.13 Å². The third-order valence-corrected chi connectivity index (χ3v) is 5.50. The Hall–Kier alpha value is -1.30. The number of thiazole rings is 1. The van der Waals surface area contributed by atoms with Gasteiger partial charge in [-0.1, -0.05) is 37.0 Å². The smallest absolute Gasteiger partial charge is 0.267 e. The van der Waals surface area contributed by atoms with E-state index in [2.05, 4.69) is 11.9 Å². The predicted molar refractivity (Wildman–Crippen MR) is 89.1 cm³/mol. The molecule has 0 unspecified atom stereocenters.